The van der Waals surface area contributed by atoms with Crippen LogP contribution in [0.3, 0.4) is 0 Å². The second kappa shape index (κ2) is 6.81. The molecule has 1 amide bonds. The quantitative estimate of drug-likeness (QED) is 0.797. The number of pyridine rings is 1. The van der Waals surface area contributed by atoms with Gasteiger partial charge in [0, 0.05) is 13.1 Å². The van der Waals surface area contributed by atoms with E-state index in [1.165, 1.54) is 11.1 Å². The van der Waals surface area contributed by atoms with Crippen molar-refractivity contribution in [3.8, 4) is 0 Å². The lowest BCUT2D eigenvalue weighted by atomic mass is 10.00. The number of fused-ring (bicyclic) bond motifs is 1. The number of hydrogen-bond donors (Lipinski definition) is 1. The number of hydrogen-bond acceptors (Lipinski definition) is 4. The molecular formula is C20H19N3O2. The summed E-state index contributed by atoms with van der Waals surface area (Å²) in [6, 6.07) is 15.9. The molecule has 2 aromatic heterocycles. The summed E-state index contributed by atoms with van der Waals surface area (Å²) in [6.07, 6.45) is 4.39. The molecule has 1 aliphatic rings. The molecule has 0 radical (unpaired) electrons. The van der Waals surface area contributed by atoms with Gasteiger partial charge >= 0.3 is 0 Å². The number of aromatic nitrogens is 1. The van der Waals surface area contributed by atoms with E-state index in [0.29, 0.717) is 12.2 Å². The number of benzene rings is 1. The molecule has 0 saturated carbocycles. The van der Waals surface area contributed by atoms with E-state index in [-0.39, 0.29) is 5.91 Å². The smallest absolute Gasteiger partial charge is 0.270 e. The van der Waals surface area contributed by atoms with Gasteiger partial charge in [0.05, 0.1) is 24.7 Å². The van der Waals surface area contributed by atoms with Crippen molar-refractivity contribution in [1.29, 1.82) is 0 Å². The summed E-state index contributed by atoms with van der Waals surface area (Å²) in [6.45, 7) is 2.20. The molecule has 0 spiro atoms. The minimum atomic E-state index is -0.202. The summed E-state index contributed by atoms with van der Waals surface area (Å²) in [5.74, 6) is 0.517. The summed E-state index contributed by atoms with van der Waals surface area (Å²) >= 11 is 0. The van der Waals surface area contributed by atoms with Crippen molar-refractivity contribution in [3.05, 3.63) is 83.6 Å². The van der Waals surface area contributed by atoms with Crippen LogP contribution in [0.15, 0.2) is 65.4 Å². The Morgan fingerprint density at radius 2 is 2.00 bits per heavy atom. The summed E-state index contributed by atoms with van der Waals surface area (Å²) < 4.78 is 5.21. The Morgan fingerprint density at radius 3 is 2.76 bits per heavy atom. The van der Waals surface area contributed by atoms with E-state index in [1.54, 1.807) is 24.6 Å². The molecule has 1 aromatic carbocycles. The minimum Gasteiger partial charge on any atom is -0.467 e. The topological polar surface area (TPSA) is 58.4 Å². The third-order valence-electron chi connectivity index (χ3n) is 4.48. The number of furan rings is 1. The van der Waals surface area contributed by atoms with Crippen LogP contribution in [0.5, 0.6) is 0 Å². The molecular weight excluding hydrogens is 314 g/mol. The van der Waals surface area contributed by atoms with Crippen molar-refractivity contribution in [3.63, 3.8) is 0 Å². The molecule has 0 aliphatic carbocycles. The molecule has 0 unspecified atom stereocenters. The second-order valence-corrected chi connectivity index (χ2v) is 6.10. The molecule has 5 heteroatoms. The highest BCUT2D eigenvalue weighted by molar-refractivity contribution is 5.92. The molecule has 3 heterocycles. The minimum absolute atomic E-state index is 0.202. The van der Waals surface area contributed by atoms with Gasteiger partial charge in [-0.3, -0.25) is 4.79 Å². The Bertz CT molecular complexity index is 857. The number of nitrogens with one attached hydrogen (secondary N) is 1. The predicted octanol–water partition coefficient (Wildman–Crippen LogP) is 3.17. The average Bonchev–Trinajstić information content (AvgIpc) is 3.19. The van der Waals surface area contributed by atoms with Gasteiger partial charge in [0.15, 0.2) is 0 Å². The SMILES string of the molecule is O=C(NCc1ccco1)c1ccc(N2CCc3ccccc3C2)cn1. The first-order valence-electron chi connectivity index (χ1n) is 8.38. The molecule has 4 rings (SSSR count). The number of nitrogens with zero attached hydrogens (tertiary/aromatic N) is 2. The number of carbonyl (C=O) groups is 1. The van der Waals surface area contributed by atoms with Crippen LogP contribution in [0.4, 0.5) is 5.69 Å². The monoisotopic (exact) mass is 333 g/mol. The predicted molar refractivity (Wildman–Crippen MR) is 95.3 cm³/mol. The zero-order valence-corrected chi connectivity index (χ0v) is 13.8. The van der Waals surface area contributed by atoms with Gasteiger partial charge in [-0.25, -0.2) is 4.98 Å². The van der Waals surface area contributed by atoms with E-state index < -0.39 is 0 Å². The van der Waals surface area contributed by atoms with Crippen molar-refractivity contribution >= 4 is 11.6 Å². The molecule has 0 fully saturated rings. The Morgan fingerprint density at radius 1 is 1.12 bits per heavy atom. The third kappa shape index (κ3) is 3.40. The van der Waals surface area contributed by atoms with E-state index in [0.717, 1.165) is 31.0 Å². The fourth-order valence-electron chi connectivity index (χ4n) is 3.09. The van der Waals surface area contributed by atoms with Gasteiger partial charge in [-0.05, 0) is 41.8 Å². The Balaban J connectivity index is 1.41. The summed E-state index contributed by atoms with van der Waals surface area (Å²) in [7, 11) is 0. The Kier molecular flexibility index (Phi) is 4.21. The summed E-state index contributed by atoms with van der Waals surface area (Å²) in [5.41, 5.74) is 4.22. The Labute approximate surface area is 146 Å². The van der Waals surface area contributed by atoms with Crippen LogP contribution in [0.1, 0.15) is 27.4 Å². The molecule has 0 bridgehead atoms. The molecule has 1 aliphatic heterocycles. The van der Waals surface area contributed by atoms with Gasteiger partial charge in [0.25, 0.3) is 5.91 Å². The van der Waals surface area contributed by atoms with E-state index in [9.17, 15) is 4.79 Å². The Hall–Kier alpha value is -3.08. The van der Waals surface area contributed by atoms with Crippen LogP contribution < -0.4 is 10.2 Å². The van der Waals surface area contributed by atoms with E-state index in [2.05, 4.69) is 39.5 Å². The van der Waals surface area contributed by atoms with Gasteiger partial charge in [-0.1, -0.05) is 24.3 Å². The van der Waals surface area contributed by atoms with Gasteiger partial charge in [-0.2, -0.15) is 0 Å². The first-order chi connectivity index (χ1) is 12.3. The standard InChI is InChI=1S/C20H19N3O2/c24-20(22-13-18-6-3-11-25-18)19-8-7-17(12-21-19)23-10-9-15-4-1-2-5-16(15)14-23/h1-8,11-12H,9-10,13-14H2,(H,22,24). The van der Waals surface area contributed by atoms with Crippen LogP contribution in [0, 0.1) is 0 Å². The largest absolute Gasteiger partial charge is 0.467 e. The lowest BCUT2D eigenvalue weighted by Gasteiger charge is -2.30. The van der Waals surface area contributed by atoms with E-state index in [1.807, 2.05) is 12.1 Å². The van der Waals surface area contributed by atoms with Crippen molar-refractivity contribution < 1.29 is 9.21 Å². The van der Waals surface area contributed by atoms with Crippen LogP contribution in [0.25, 0.3) is 0 Å². The molecule has 1 N–H and O–H groups in total. The van der Waals surface area contributed by atoms with Crippen molar-refractivity contribution in [2.24, 2.45) is 0 Å². The third-order valence-corrected chi connectivity index (χ3v) is 4.48. The highest BCUT2D eigenvalue weighted by Gasteiger charge is 2.17. The number of anilines is 1. The fourth-order valence-corrected chi connectivity index (χ4v) is 3.09. The molecule has 0 saturated heterocycles. The molecule has 126 valence electrons. The maximum absolute atomic E-state index is 12.2. The van der Waals surface area contributed by atoms with E-state index >= 15 is 0 Å². The maximum Gasteiger partial charge on any atom is 0.270 e. The zero-order valence-electron chi connectivity index (χ0n) is 13.8. The maximum atomic E-state index is 12.2. The van der Waals surface area contributed by atoms with Crippen LogP contribution in [-0.4, -0.2) is 17.4 Å². The molecule has 5 nitrogen and oxygen atoms in total. The van der Waals surface area contributed by atoms with Crippen LogP contribution in [-0.2, 0) is 19.5 Å². The highest BCUT2D eigenvalue weighted by atomic mass is 16.3. The molecule has 3 aromatic rings. The number of amides is 1. The van der Waals surface area contributed by atoms with E-state index in [4.69, 9.17) is 4.42 Å². The first kappa shape index (κ1) is 15.4. The van der Waals surface area contributed by atoms with Gasteiger partial charge in [0.2, 0.25) is 0 Å². The average molecular weight is 333 g/mol. The van der Waals surface area contributed by atoms with Crippen molar-refractivity contribution in [2.75, 3.05) is 11.4 Å². The summed E-state index contributed by atoms with van der Waals surface area (Å²) in [4.78, 5) is 18.8. The molecule has 25 heavy (non-hydrogen) atoms. The van der Waals surface area contributed by atoms with Gasteiger partial charge < -0.3 is 14.6 Å². The van der Waals surface area contributed by atoms with Crippen molar-refractivity contribution in [1.82, 2.24) is 10.3 Å². The van der Waals surface area contributed by atoms with Crippen molar-refractivity contribution in [2.45, 2.75) is 19.5 Å². The fraction of sp³-hybridized carbons (Fsp3) is 0.200. The first-order valence-corrected chi connectivity index (χ1v) is 8.38. The lowest BCUT2D eigenvalue weighted by molar-refractivity contribution is 0.0943. The van der Waals surface area contributed by atoms with Gasteiger partial charge in [0.1, 0.15) is 11.5 Å². The summed E-state index contributed by atoms with van der Waals surface area (Å²) in [5, 5.41) is 2.80. The zero-order chi connectivity index (χ0) is 17.1. The lowest BCUT2D eigenvalue weighted by Crippen LogP contribution is -2.30. The highest BCUT2D eigenvalue weighted by Crippen LogP contribution is 2.23. The second-order valence-electron chi connectivity index (χ2n) is 6.10. The van der Waals surface area contributed by atoms with Crippen LogP contribution in [0.2, 0.25) is 0 Å². The van der Waals surface area contributed by atoms with Gasteiger partial charge in [-0.15, -0.1) is 0 Å². The van der Waals surface area contributed by atoms with Crippen LogP contribution >= 0.6 is 0 Å². The number of carbonyl (C=O) groups excluding carboxylic acids is 1. The number of rotatable bonds is 4. The molecule has 0 atom stereocenters. The normalized spacial score (nSPS) is 13.4.